The van der Waals surface area contributed by atoms with E-state index in [1.807, 2.05) is 6.92 Å². The summed E-state index contributed by atoms with van der Waals surface area (Å²) in [4.78, 5) is 51.4. The predicted molar refractivity (Wildman–Crippen MR) is 92.7 cm³/mol. The van der Waals surface area contributed by atoms with E-state index in [0.29, 0.717) is 11.3 Å². The first-order chi connectivity index (χ1) is 12.8. The number of carbonyl (C=O) groups excluding carboxylic acids is 4. The first-order valence-electron chi connectivity index (χ1n) is 8.91. The van der Waals surface area contributed by atoms with Gasteiger partial charge in [-0.1, -0.05) is 19.8 Å². The van der Waals surface area contributed by atoms with Crippen LogP contribution in [0.5, 0.6) is 5.75 Å². The Morgan fingerprint density at radius 1 is 1.19 bits per heavy atom. The van der Waals surface area contributed by atoms with Crippen molar-refractivity contribution >= 4 is 23.6 Å². The fourth-order valence-electron chi connectivity index (χ4n) is 3.71. The molecule has 2 aliphatic rings. The van der Waals surface area contributed by atoms with E-state index in [4.69, 9.17) is 4.74 Å². The van der Waals surface area contributed by atoms with E-state index in [9.17, 15) is 23.6 Å². The summed E-state index contributed by atoms with van der Waals surface area (Å²) in [5, 5.41) is 0. The van der Waals surface area contributed by atoms with Gasteiger partial charge < -0.3 is 4.74 Å². The van der Waals surface area contributed by atoms with E-state index < -0.39 is 36.0 Å². The second-order valence-electron chi connectivity index (χ2n) is 6.95. The third-order valence-electron chi connectivity index (χ3n) is 5.26. The van der Waals surface area contributed by atoms with Crippen LogP contribution in [0.25, 0.3) is 0 Å². The van der Waals surface area contributed by atoms with Crippen LogP contribution in [0.3, 0.4) is 0 Å². The third kappa shape index (κ3) is 3.43. The molecular formula is C19H21FN2O5. The van der Waals surface area contributed by atoms with E-state index in [1.165, 1.54) is 19.2 Å². The van der Waals surface area contributed by atoms with Gasteiger partial charge >= 0.3 is 17.8 Å². The minimum absolute atomic E-state index is 0.00849. The summed E-state index contributed by atoms with van der Waals surface area (Å²) in [5.41, 5.74) is -0.00849. The Labute approximate surface area is 156 Å². The van der Waals surface area contributed by atoms with Crippen molar-refractivity contribution in [1.29, 1.82) is 0 Å². The van der Waals surface area contributed by atoms with E-state index in [1.54, 1.807) is 0 Å². The fourth-order valence-corrected chi connectivity index (χ4v) is 3.71. The van der Waals surface area contributed by atoms with Crippen LogP contribution < -0.4 is 4.74 Å². The lowest BCUT2D eigenvalue weighted by molar-refractivity contribution is -0.144. The zero-order valence-corrected chi connectivity index (χ0v) is 15.2. The number of urea groups is 1. The summed E-state index contributed by atoms with van der Waals surface area (Å²) in [6, 6.07) is 2.51. The molecule has 27 heavy (non-hydrogen) atoms. The Bertz CT molecular complexity index is 809. The monoisotopic (exact) mass is 376 g/mol. The first kappa shape index (κ1) is 19.0. The molecule has 0 aromatic heterocycles. The van der Waals surface area contributed by atoms with Crippen LogP contribution in [0.4, 0.5) is 9.18 Å². The molecule has 1 saturated carbocycles. The lowest BCUT2D eigenvalue weighted by Crippen LogP contribution is -2.46. The maximum absolute atomic E-state index is 13.8. The highest BCUT2D eigenvalue weighted by Crippen LogP contribution is 2.31. The molecule has 8 heteroatoms. The highest BCUT2D eigenvalue weighted by Gasteiger charge is 2.49. The van der Waals surface area contributed by atoms with Crippen LogP contribution in [-0.2, 0) is 9.59 Å². The zero-order chi connectivity index (χ0) is 19.7. The van der Waals surface area contributed by atoms with Crippen LogP contribution >= 0.6 is 0 Å². The summed E-state index contributed by atoms with van der Waals surface area (Å²) in [7, 11) is 1.30. The second-order valence-corrected chi connectivity index (χ2v) is 6.95. The topological polar surface area (TPSA) is 84.0 Å². The van der Waals surface area contributed by atoms with Gasteiger partial charge in [-0.05, 0) is 37.0 Å². The number of methoxy groups -OCH3 is 1. The van der Waals surface area contributed by atoms with Crippen LogP contribution in [-0.4, -0.2) is 53.1 Å². The number of carbonyl (C=O) groups is 4. The highest BCUT2D eigenvalue weighted by atomic mass is 19.1. The molecule has 1 aliphatic carbocycles. The van der Waals surface area contributed by atoms with Gasteiger partial charge in [-0.2, -0.15) is 0 Å². The maximum Gasteiger partial charge on any atom is 0.334 e. The van der Waals surface area contributed by atoms with E-state index in [2.05, 4.69) is 0 Å². The first-order valence-corrected chi connectivity index (χ1v) is 8.91. The lowest BCUT2D eigenvalue weighted by atomic mass is 9.85. The lowest BCUT2D eigenvalue weighted by Gasteiger charge is -2.34. The molecule has 0 bridgehead atoms. The van der Waals surface area contributed by atoms with Gasteiger partial charge in [0.2, 0.25) is 0 Å². The number of amides is 4. The molecule has 0 N–H and O–H groups in total. The van der Waals surface area contributed by atoms with Crippen molar-refractivity contribution in [2.75, 3.05) is 13.7 Å². The average molecular weight is 376 g/mol. The van der Waals surface area contributed by atoms with Gasteiger partial charge in [0, 0.05) is 11.6 Å². The van der Waals surface area contributed by atoms with Crippen LogP contribution in [0, 0.1) is 11.7 Å². The molecule has 2 atom stereocenters. The molecule has 1 aromatic carbocycles. The SMILES string of the molecule is COc1ccc(C(=O)CN2C(=O)C(=O)N([C@@H]3CCCC[C@H]3C)C2=O)cc1F. The summed E-state index contributed by atoms with van der Waals surface area (Å²) < 4.78 is 18.6. The highest BCUT2D eigenvalue weighted by molar-refractivity contribution is 6.45. The summed E-state index contributed by atoms with van der Waals surface area (Å²) in [6.07, 6.45) is 3.43. The summed E-state index contributed by atoms with van der Waals surface area (Å²) >= 11 is 0. The molecule has 4 amide bonds. The molecule has 7 nitrogen and oxygen atoms in total. The Morgan fingerprint density at radius 3 is 2.52 bits per heavy atom. The van der Waals surface area contributed by atoms with Crippen LogP contribution in [0.15, 0.2) is 18.2 Å². The number of benzene rings is 1. The minimum atomic E-state index is -1.01. The fraction of sp³-hybridized carbons (Fsp3) is 0.474. The number of nitrogens with zero attached hydrogens (tertiary/aromatic N) is 2. The number of ketones is 1. The molecule has 144 valence electrons. The van der Waals surface area contributed by atoms with E-state index in [-0.39, 0.29) is 23.3 Å². The summed E-state index contributed by atoms with van der Waals surface area (Å²) in [5.74, 6) is -3.19. The van der Waals surface area contributed by atoms with Crippen LogP contribution in [0.1, 0.15) is 43.0 Å². The number of Topliss-reactive ketones (excluding diaryl/α,β-unsaturated/α-hetero) is 1. The van der Waals surface area contributed by atoms with Crippen molar-refractivity contribution in [3.8, 4) is 5.75 Å². The molecule has 2 fully saturated rings. The maximum atomic E-state index is 13.8. The van der Waals surface area contributed by atoms with Gasteiger partial charge in [-0.3, -0.25) is 19.3 Å². The normalized spacial score (nSPS) is 23.1. The largest absolute Gasteiger partial charge is 0.494 e. The van der Waals surface area contributed by atoms with E-state index >= 15 is 0 Å². The number of halogens is 1. The van der Waals surface area contributed by atoms with Gasteiger partial charge in [0.1, 0.15) is 0 Å². The summed E-state index contributed by atoms with van der Waals surface area (Å²) in [6.45, 7) is 1.34. The molecule has 1 aromatic rings. The van der Waals surface area contributed by atoms with Crippen LogP contribution in [0.2, 0.25) is 0 Å². The van der Waals surface area contributed by atoms with Gasteiger partial charge in [0.25, 0.3) is 0 Å². The molecule has 0 unspecified atom stereocenters. The van der Waals surface area contributed by atoms with Gasteiger partial charge in [-0.15, -0.1) is 0 Å². The van der Waals surface area contributed by atoms with Crippen molar-refractivity contribution in [1.82, 2.24) is 9.80 Å². The average Bonchev–Trinajstić information content (AvgIpc) is 2.85. The van der Waals surface area contributed by atoms with Gasteiger partial charge in [0.05, 0.1) is 13.7 Å². The van der Waals surface area contributed by atoms with Crippen molar-refractivity contribution in [3.63, 3.8) is 0 Å². The molecule has 0 spiro atoms. The Balaban J connectivity index is 1.77. The number of rotatable bonds is 5. The smallest absolute Gasteiger partial charge is 0.334 e. The van der Waals surface area contributed by atoms with Crippen molar-refractivity contribution in [2.24, 2.45) is 5.92 Å². The molecule has 1 aliphatic heterocycles. The van der Waals surface area contributed by atoms with Crippen molar-refractivity contribution in [3.05, 3.63) is 29.6 Å². The molecule has 1 heterocycles. The quantitative estimate of drug-likeness (QED) is 0.448. The molecular weight excluding hydrogens is 355 g/mol. The predicted octanol–water partition coefficient (Wildman–Crippen LogP) is 2.39. The number of hydrogen-bond donors (Lipinski definition) is 0. The second kappa shape index (κ2) is 7.46. The molecule has 3 rings (SSSR count). The Hall–Kier alpha value is -2.77. The van der Waals surface area contributed by atoms with Crippen molar-refractivity contribution < 1.29 is 28.3 Å². The Kier molecular flexibility index (Phi) is 5.25. The third-order valence-corrected chi connectivity index (χ3v) is 5.26. The number of hydrogen-bond acceptors (Lipinski definition) is 5. The zero-order valence-electron chi connectivity index (χ0n) is 15.2. The standard InChI is InChI=1S/C19H21FN2O5/c1-11-5-3-4-6-14(11)22-18(25)17(24)21(19(22)26)10-15(23)12-7-8-16(27-2)13(20)9-12/h7-9,11,14H,3-6,10H2,1-2H3/t11-,14-/m1/s1. The number of ether oxygens (including phenoxy) is 1. The minimum Gasteiger partial charge on any atom is -0.494 e. The van der Waals surface area contributed by atoms with Crippen molar-refractivity contribution in [2.45, 2.75) is 38.6 Å². The molecule has 1 saturated heterocycles. The van der Waals surface area contributed by atoms with Gasteiger partial charge in [-0.25, -0.2) is 14.1 Å². The Morgan fingerprint density at radius 2 is 1.89 bits per heavy atom. The van der Waals surface area contributed by atoms with Gasteiger partial charge in [0.15, 0.2) is 17.3 Å². The van der Waals surface area contributed by atoms with E-state index in [0.717, 1.165) is 30.2 Å². The number of imide groups is 2. The molecule has 0 radical (unpaired) electrons.